The van der Waals surface area contributed by atoms with Gasteiger partial charge in [0.05, 0.1) is 0 Å². The SMILES string of the molecule is CCCCCCCCCCCCCCCCCC(=O)NC(CN(C)C)NC(=O)CCCCCCCCCCCCCCCCC. The van der Waals surface area contributed by atoms with Crippen LogP contribution in [0.15, 0.2) is 0 Å². The quantitative estimate of drug-likeness (QED) is 0.0532. The van der Waals surface area contributed by atoms with Crippen LogP contribution in [0.5, 0.6) is 0 Å². The number of nitrogens with zero attached hydrogens (tertiary/aromatic N) is 1. The molecule has 0 radical (unpaired) electrons. The number of amides is 2. The van der Waals surface area contributed by atoms with Crippen LogP contribution >= 0.6 is 0 Å². The molecule has 0 aliphatic rings. The number of hydrogen-bond acceptors (Lipinski definition) is 3. The summed E-state index contributed by atoms with van der Waals surface area (Å²) in [5, 5.41) is 6.14. The predicted molar refractivity (Wildman–Crippen MR) is 198 cm³/mol. The summed E-state index contributed by atoms with van der Waals surface area (Å²) in [6, 6.07) is 0. The molecule has 0 rings (SSSR count). The van der Waals surface area contributed by atoms with Crippen LogP contribution in [-0.4, -0.2) is 43.5 Å². The summed E-state index contributed by atoms with van der Waals surface area (Å²) < 4.78 is 0. The van der Waals surface area contributed by atoms with Crippen molar-refractivity contribution in [1.82, 2.24) is 15.5 Å². The maximum Gasteiger partial charge on any atom is 0.221 e. The smallest absolute Gasteiger partial charge is 0.221 e. The second kappa shape index (κ2) is 35.7. The van der Waals surface area contributed by atoms with E-state index in [1.807, 2.05) is 19.0 Å². The number of nitrogens with one attached hydrogen (secondary N) is 2. The van der Waals surface area contributed by atoms with E-state index in [1.54, 1.807) is 0 Å². The molecule has 0 spiro atoms. The van der Waals surface area contributed by atoms with Crippen molar-refractivity contribution >= 4 is 11.8 Å². The Morgan fingerprint density at radius 2 is 0.622 bits per heavy atom. The molecule has 2 N–H and O–H groups in total. The molecule has 0 unspecified atom stereocenters. The normalized spacial score (nSPS) is 11.5. The molecule has 0 aromatic carbocycles. The van der Waals surface area contributed by atoms with Crippen LogP contribution in [0.25, 0.3) is 0 Å². The van der Waals surface area contributed by atoms with Crippen LogP contribution in [0.3, 0.4) is 0 Å². The van der Waals surface area contributed by atoms with Gasteiger partial charge in [-0.25, -0.2) is 0 Å². The Kier molecular flexibility index (Phi) is 34.9. The first-order chi connectivity index (χ1) is 22.0. The van der Waals surface area contributed by atoms with Gasteiger partial charge in [-0.1, -0.05) is 194 Å². The Hall–Kier alpha value is -1.10. The molecule has 0 aromatic rings. The minimum atomic E-state index is -0.312. The van der Waals surface area contributed by atoms with Crippen LogP contribution in [0, 0.1) is 0 Å². The Morgan fingerprint density at radius 3 is 0.844 bits per heavy atom. The second-order valence-electron chi connectivity index (χ2n) is 14.3. The fourth-order valence-corrected chi connectivity index (χ4v) is 6.34. The fraction of sp³-hybridized carbons (Fsp3) is 0.950. The highest BCUT2D eigenvalue weighted by Crippen LogP contribution is 2.15. The van der Waals surface area contributed by atoms with E-state index in [1.165, 1.54) is 167 Å². The molecule has 268 valence electrons. The lowest BCUT2D eigenvalue weighted by atomic mass is 10.0. The lowest BCUT2D eigenvalue weighted by Crippen LogP contribution is -2.52. The molecule has 0 atom stereocenters. The zero-order valence-corrected chi connectivity index (χ0v) is 31.2. The minimum absolute atomic E-state index is 0.0591. The van der Waals surface area contributed by atoms with E-state index in [0.29, 0.717) is 19.4 Å². The van der Waals surface area contributed by atoms with Crippen molar-refractivity contribution in [2.75, 3.05) is 20.6 Å². The second-order valence-corrected chi connectivity index (χ2v) is 14.3. The zero-order valence-electron chi connectivity index (χ0n) is 31.2. The number of unbranched alkanes of at least 4 members (excludes halogenated alkanes) is 28. The molecule has 0 saturated heterocycles. The van der Waals surface area contributed by atoms with Crippen LogP contribution < -0.4 is 10.6 Å². The van der Waals surface area contributed by atoms with E-state index >= 15 is 0 Å². The van der Waals surface area contributed by atoms with E-state index < -0.39 is 0 Å². The molecule has 0 fully saturated rings. The van der Waals surface area contributed by atoms with Gasteiger partial charge in [-0.15, -0.1) is 0 Å². The molecule has 0 saturated carbocycles. The Morgan fingerprint density at radius 1 is 0.400 bits per heavy atom. The highest BCUT2D eigenvalue weighted by atomic mass is 16.2. The van der Waals surface area contributed by atoms with Gasteiger partial charge in [-0.05, 0) is 26.9 Å². The third-order valence-electron chi connectivity index (χ3n) is 9.23. The van der Waals surface area contributed by atoms with Crippen molar-refractivity contribution in [3.8, 4) is 0 Å². The Bertz CT molecular complexity index is 577. The number of carbonyl (C=O) groups excluding carboxylic acids is 2. The summed E-state index contributed by atoms with van der Waals surface area (Å²) in [5.74, 6) is 0.118. The summed E-state index contributed by atoms with van der Waals surface area (Å²) in [7, 11) is 3.96. The maximum absolute atomic E-state index is 12.6. The van der Waals surface area contributed by atoms with Gasteiger partial charge in [0.15, 0.2) is 0 Å². The van der Waals surface area contributed by atoms with Gasteiger partial charge in [0.25, 0.3) is 0 Å². The number of rotatable bonds is 36. The predicted octanol–water partition coefficient (Wildman–Crippen LogP) is 11.6. The number of hydrogen-bond donors (Lipinski definition) is 2. The number of likely N-dealkylation sites (N-methyl/N-ethyl adjacent to an activating group) is 1. The molecule has 0 aliphatic carbocycles. The standard InChI is InChI=1S/C40H81N3O2/c1-5-7-9-11-13-15-17-19-21-23-25-27-29-31-33-35-39(44)41-38(37-43(3)4)42-40(45)36-34-32-30-28-26-24-22-20-18-16-14-12-10-8-6-2/h38H,5-37H2,1-4H3,(H,41,44)(H,42,45). The van der Waals surface area contributed by atoms with E-state index in [9.17, 15) is 9.59 Å². The third-order valence-corrected chi connectivity index (χ3v) is 9.23. The molecule has 0 heterocycles. The van der Waals surface area contributed by atoms with E-state index in [4.69, 9.17) is 0 Å². The van der Waals surface area contributed by atoms with Crippen molar-refractivity contribution < 1.29 is 9.59 Å². The molecule has 2 amide bonds. The van der Waals surface area contributed by atoms with Crippen molar-refractivity contribution in [3.63, 3.8) is 0 Å². The Labute approximate surface area is 282 Å². The summed E-state index contributed by atoms with van der Waals surface area (Å²) in [6.07, 6.45) is 40.6. The third kappa shape index (κ3) is 35.6. The van der Waals surface area contributed by atoms with Crippen LogP contribution in [0.4, 0.5) is 0 Å². The average molecular weight is 636 g/mol. The van der Waals surface area contributed by atoms with Gasteiger partial charge in [0.2, 0.25) is 11.8 Å². The molecule has 5 nitrogen and oxygen atoms in total. The molecule has 0 bridgehead atoms. The molecular formula is C40H81N3O2. The van der Waals surface area contributed by atoms with Gasteiger partial charge in [-0.2, -0.15) is 0 Å². The molecule has 0 aliphatic heterocycles. The first-order valence-electron chi connectivity index (χ1n) is 20.2. The van der Waals surface area contributed by atoms with Gasteiger partial charge in [0.1, 0.15) is 6.17 Å². The maximum atomic E-state index is 12.6. The lowest BCUT2D eigenvalue weighted by Gasteiger charge is -2.23. The summed E-state index contributed by atoms with van der Waals surface area (Å²) >= 11 is 0. The minimum Gasteiger partial charge on any atom is -0.335 e. The van der Waals surface area contributed by atoms with Crippen LogP contribution in [-0.2, 0) is 9.59 Å². The molecular weight excluding hydrogens is 554 g/mol. The van der Waals surface area contributed by atoms with Crippen molar-refractivity contribution in [3.05, 3.63) is 0 Å². The molecule has 45 heavy (non-hydrogen) atoms. The van der Waals surface area contributed by atoms with Gasteiger partial charge in [-0.3, -0.25) is 9.59 Å². The fourth-order valence-electron chi connectivity index (χ4n) is 6.34. The molecule has 5 heteroatoms. The average Bonchev–Trinajstić information content (AvgIpc) is 3.00. The molecule has 0 aromatic heterocycles. The van der Waals surface area contributed by atoms with Crippen LogP contribution in [0.2, 0.25) is 0 Å². The summed E-state index contributed by atoms with van der Waals surface area (Å²) in [5.41, 5.74) is 0. The summed E-state index contributed by atoms with van der Waals surface area (Å²) in [6.45, 7) is 5.18. The largest absolute Gasteiger partial charge is 0.335 e. The van der Waals surface area contributed by atoms with E-state index in [2.05, 4.69) is 24.5 Å². The van der Waals surface area contributed by atoms with E-state index in [-0.39, 0.29) is 18.0 Å². The highest BCUT2D eigenvalue weighted by molar-refractivity contribution is 5.79. The van der Waals surface area contributed by atoms with Gasteiger partial charge >= 0.3 is 0 Å². The van der Waals surface area contributed by atoms with E-state index in [0.717, 1.165) is 25.7 Å². The van der Waals surface area contributed by atoms with Crippen LogP contribution in [0.1, 0.15) is 219 Å². The highest BCUT2D eigenvalue weighted by Gasteiger charge is 2.15. The zero-order chi connectivity index (χ0) is 33.1. The first kappa shape index (κ1) is 43.9. The Balaban J connectivity index is 3.71. The first-order valence-corrected chi connectivity index (χ1v) is 20.2. The van der Waals surface area contributed by atoms with Gasteiger partial charge < -0.3 is 15.5 Å². The van der Waals surface area contributed by atoms with Gasteiger partial charge in [0, 0.05) is 19.4 Å². The van der Waals surface area contributed by atoms with Crippen molar-refractivity contribution in [1.29, 1.82) is 0 Å². The topological polar surface area (TPSA) is 61.4 Å². The summed E-state index contributed by atoms with van der Waals surface area (Å²) in [4.78, 5) is 27.2. The van der Waals surface area contributed by atoms with Crippen molar-refractivity contribution in [2.24, 2.45) is 0 Å². The lowest BCUT2D eigenvalue weighted by molar-refractivity contribution is -0.124. The monoisotopic (exact) mass is 636 g/mol. The number of carbonyl (C=O) groups is 2. The van der Waals surface area contributed by atoms with Crippen molar-refractivity contribution in [2.45, 2.75) is 225 Å².